The van der Waals surface area contributed by atoms with Crippen molar-refractivity contribution in [2.24, 2.45) is 10.8 Å². The highest BCUT2D eigenvalue weighted by Gasteiger charge is 1.97. The van der Waals surface area contributed by atoms with Crippen molar-refractivity contribution in [1.82, 2.24) is 5.43 Å². The van der Waals surface area contributed by atoms with Crippen molar-refractivity contribution >= 4 is 17.2 Å². The van der Waals surface area contributed by atoms with Gasteiger partial charge in [-0.3, -0.25) is 4.99 Å². The number of amidine groups is 1. The topological polar surface area (TPSA) is 50.4 Å². The van der Waals surface area contributed by atoms with Gasteiger partial charge in [-0.25, -0.2) is 5.84 Å². The number of aliphatic imine (C=N–C) groups is 1. The van der Waals surface area contributed by atoms with Gasteiger partial charge in [0.05, 0.1) is 0 Å². The maximum absolute atomic E-state index is 5.34. The summed E-state index contributed by atoms with van der Waals surface area (Å²) in [6.45, 7) is 2.80. The molecule has 1 aromatic heterocycles. The first kappa shape index (κ1) is 11.2. The van der Waals surface area contributed by atoms with Gasteiger partial charge in [0.15, 0.2) is 0 Å². The molecule has 78 valence electrons. The number of nitrogens with one attached hydrogen (secondary N) is 1. The highest BCUT2D eigenvalue weighted by atomic mass is 32.1. The van der Waals surface area contributed by atoms with Gasteiger partial charge in [-0.2, -0.15) is 0 Å². The summed E-state index contributed by atoms with van der Waals surface area (Å²) in [5.41, 5.74) is 2.64. The minimum Gasteiger partial charge on any atom is -0.312 e. The molecule has 0 atom stereocenters. The maximum Gasteiger partial charge on any atom is 0.110 e. The Balaban J connectivity index is 2.23. The monoisotopic (exact) mass is 211 g/mol. The van der Waals surface area contributed by atoms with Crippen LogP contribution in [-0.4, -0.2) is 12.4 Å². The smallest absolute Gasteiger partial charge is 0.110 e. The van der Waals surface area contributed by atoms with Gasteiger partial charge in [0.2, 0.25) is 0 Å². The van der Waals surface area contributed by atoms with Crippen molar-refractivity contribution in [2.45, 2.75) is 26.2 Å². The summed E-state index contributed by atoms with van der Waals surface area (Å²) in [5.74, 6) is 6.25. The number of nitrogens with two attached hydrogens (primary N) is 1. The lowest BCUT2D eigenvalue weighted by Gasteiger charge is -2.03. The van der Waals surface area contributed by atoms with Gasteiger partial charge in [0, 0.05) is 17.8 Å². The normalized spacial score (nSPS) is 11.7. The first-order chi connectivity index (χ1) is 6.86. The molecule has 1 rings (SSSR count). The van der Waals surface area contributed by atoms with Crippen LogP contribution in [0.15, 0.2) is 22.5 Å². The van der Waals surface area contributed by atoms with Crippen LogP contribution in [0.4, 0.5) is 0 Å². The summed E-state index contributed by atoms with van der Waals surface area (Å²) in [7, 11) is 0. The number of hydrogen-bond acceptors (Lipinski definition) is 3. The van der Waals surface area contributed by atoms with E-state index in [9.17, 15) is 0 Å². The van der Waals surface area contributed by atoms with Gasteiger partial charge in [0.25, 0.3) is 0 Å². The first-order valence-corrected chi connectivity index (χ1v) is 5.77. The zero-order chi connectivity index (χ0) is 10.2. The van der Waals surface area contributed by atoms with E-state index in [0.717, 1.165) is 31.6 Å². The summed E-state index contributed by atoms with van der Waals surface area (Å²) in [4.78, 5) is 5.67. The first-order valence-electron chi connectivity index (χ1n) is 4.89. The minimum absolute atomic E-state index is 0.790. The lowest BCUT2D eigenvalue weighted by atomic mass is 10.2. The minimum atomic E-state index is 0.790. The molecule has 4 heteroatoms. The zero-order valence-corrected chi connectivity index (χ0v) is 9.31. The molecular weight excluding hydrogens is 194 g/mol. The summed E-state index contributed by atoms with van der Waals surface area (Å²) < 4.78 is 0. The van der Waals surface area contributed by atoms with E-state index in [4.69, 9.17) is 5.84 Å². The molecule has 1 heterocycles. The summed E-state index contributed by atoms with van der Waals surface area (Å²) in [6.07, 6.45) is 3.15. The number of thiophene rings is 1. The quantitative estimate of drug-likeness (QED) is 0.338. The predicted molar refractivity (Wildman–Crippen MR) is 62.6 cm³/mol. The van der Waals surface area contributed by atoms with Gasteiger partial charge in [-0.1, -0.05) is 6.07 Å². The maximum atomic E-state index is 5.34. The fourth-order valence-electron chi connectivity index (χ4n) is 1.27. The van der Waals surface area contributed by atoms with Crippen molar-refractivity contribution in [1.29, 1.82) is 0 Å². The summed E-state index contributed by atoms with van der Waals surface area (Å²) in [6, 6.07) is 4.25. The van der Waals surface area contributed by atoms with E-state index in [-0.39, 0.29) is 0 Å². The lowest BCUT2D eigenvalue weighted by molar-refractivity contribution is 0.832. The van der Waals surface area contributed by atoms with Gasteiger partial charge < -0.3 is 5.43 Å². The van der Waals surface area contributed by atoms with Crippen molar-refractivity contribution in [3.63, 3.8) is 0 Å². The van der Waals surface area contributed by atoms with Crippen LogP contribution in [-0.2, 0) is 6.42 Å². The summed E-state index contributed by atoms with van der Waals surface area (Å²) in [5, 5.41) is 2.11. The molecule has 0 saturated heterocycles. The number of aryl methyl sites for hydroxylation is 1. The van der Waals surface area contributed by atoms with Gasteiger partial charge >= 0.3 is 0 Å². The SMILES string of the molecule is CCN=C(CCCc1cccs1)NN. The van der Waals surface area contributed by atoms with Crippen LogP contribution in [0.2, 0.25) is 0 Å². The second kappa shape index (κ2) is 6.56. The zero-order valence-electron chi connectivity index (χ0n) is 8.49. The van der Waals surface area contributed by atoms with Crippen molar-refractivity contribution in [3.05, 3.63) is 22.4 Å². The van der Waals surface area contributed by atoms with E-state index in [0.29, 0.717) is 0 Å². The average Bonchev–Trinajstić information content (AvgIpc) is 2.69. The Kier molecular flexibility index (Phi) is 5.25. The number of rotatable bonds is 5. The average molecular weight is 211 g/mol. The second-order valence-electron chi connectivity index (χ2n) is 3.00. The van der Waals surface area contributed by atoms with E-state index >= 15 is 0 Å². The molecule has 0 fully saturated rings. The number of hydrogen-bond donors (Lipinski definition) is 2. The molecule has 0 bridgehead atoms. The predicted octanol–water partition coefficient (Wildman–Crippen LogP) is 1.95. The molecule has 1 aromatic rings. The molecular formula is C10H17N3S. The highest BCUT2D eigenvalue weighted by Crippen LogP contribution is 2.11. The van der Waals surface area contributed by atoms with Crippen molar-refractivity contribution in [2.75, 3.05) is 6.54 Å². The standard InChI is InChI=1S/C10H17N3S/c1-2-12-10(13-11)7-3-5-9-6-4-8-14-9/h4,6,8H,2-3,5,7,11H2,1H3,(H,12,13). The molecule has 0 aliphatic heterocycles. The molecule has 3 N–H and O–H groups in total. The molecule has 14 heavy (non-hydrogen) atoms. The molecule has 0 spiro atoms. The molecule has 0 saturated carbocycles. The van der Waals surface area contributed by atoms with Crippen LogP contribution in [0.1, 0.15) is 24.6 Å². The Morgan fingerprint density at radius 2 is 2.50 bits per heavy atom. The molecule has 3 nitrogen and oxygen atoms in total. The fraction of sp³-hybridized carbons (Fsp3) is 0.500. The van der Waals surface area contributed by atoms with Gasteiger partial charge in [0.1, 0.15) is 5.84 Å². The molecule has 0 aromatic carbocycles. The Hall–Kier alpha value is -0.870. The Morgan fingerprint density at radius 3 is 3.07 bits per heavy atom. The third-order valence-corrected chi connectivity index (χ3v) is 2.87. The van der Waals surface area contributed by atoms with Crippen LogP contribution in [0, 0.1) is 0 Å². The van der Waals surface area contributed by atoms with Gasteiger partial charge in [-0.05, 0) is 31.2 Å². The number of nitrogens with zero attached hydrogens (tertiary/aromatic N) is 1. The van der Waals surface area contributed by atoms with E-state index in [1.807, 2.05) is 6.92 Å². The molecule has 0 aliphatic rings. The Labute approximate surface area is 89.0 Å². The van der Waals surface area contributed by atoms with Crippen LogP contribution < -0.4 is 11.3 Å². The molecule has 0 aliphatic carbocycles. The van der Waals surface area contributed by atoms with E-state index in [2.05, 4.69) is 27.9 Å². The third kappa shape index (κ3) is 3.89. The largest absolute Gasteiger partial charge is 0.312 e. The highest BCUT2D eigenvalue weighted by molar-refractivity contribution is 7.09. The van der Waals surface area contributed by atoms with E-state index in [1.165, 1.54) is 4.88 Å². The molecule has 0 unspecified atom stereocenters. The van der Waals surface area contributed by atoms with Crippen molar-refractivity contribution in [3.8, 4) is 0 Å². The Bertz CT molecular complexity index is 267. The second-order valence-corrected chi connectivity index (χ2v) is 4.03. The number of hydrazine groups is 1. The third-order valence-electron chi connectivity index (χ3n) is 1.93. The molecule has 0 radical (unpaired) electrons. The van der Waals surface area contributed by atoms with Crippen LogP contribution in [0.25, 0.3) is 0 Å². The van der Waals surface area contributed by atoms with Gasteiger partial charge in [-0.15, -0.1) is 11.3 Å². The fourth-order valence-corrected chi connectivity index (χ4v) is 2.02. The van der Waals surface area contributed by atoms with E-state index < -0.39 is 0 Å². The lowest BCUT2D eigenvalue weighted by Crippen LogP contribution is -2.30. The van der Waals surface area contributed by atoms with E-state index in [1.54, 1.807) is 11.3 Å². The Morgan fingerprint density at radius 1 is 1.64 bits per heavy atom. The van der Waals surface area contributed by atoms with Crippen molar-refractivity contribution < 1.29 is 0 Å². The molecule has 0 amide bonds. The van der Waals surface area contributed by atoms with Crippen LogP contribution in [0.5, 0.6) is 0 Å². The van der Waals surface area contributed by atoms with Crippen LogP contribution >= 0.6 is 11.3 Å². The summed E-state index contributed by atoms with van der Waals surface area (Å²) >= 11 is 1.80. The van der Waals surface area contributed by atoms with Crippen LogP contribution in [0.3, 0.4) is 0 Å².